The average Bonchev–Trinajstić information content (AvgIpc) is 1.98. The smallest absolute Gasteiger partial charge is 0.159 e. The van der Waals surface area contributed by atoms with Gasteiger partial charge in [0.25, 0.3) is 0 Å². The zero-order valence-electron chi connectivity index (χ0n) is 5.70. The number of hydrogen-bond donors (Lipinski definition) is 0. The van der Waals surface area contributed by atoms with Gasteiger partial charge in [0.2, 0.25) is 0 Å². The van der Waals surface area contributed by atoms with Crippen LogP contribution in [0.15, 0.2) is 18.2 Å². The highest BCUT2D eigenvalue weighted by atomic mass is 19.2. The van der Waals surface area contributed by atoms with Crippen molar-refractivity contribution in [1.82, 2.24) is 0 Å². The Labute approximate surface area is 63.9 Å². The molecule has 0 nitrogen and oxygen atoms in total. The average molecular weight is 151 g/mol. The number of halogens is 2. The summed E-state index contributed by atoms with van der Waals surface area (Å²) in [5, 5.41) is 0. The van der Waals surface area contributed by atoms with E-state index in [1.807, 2.05) is 0 Å². The maximum Gasteiger partial charge on any atom is 0.159 e. The highest BCUT2D eigenvalue weighted by Gasteiger charge is 2.00. The third kappa shape index (κ3) is 1.78. The van der Waals surface area contributed by atoms with Crippen LogP contribution in [-0.2, 0) is 6.42 Å². The summed E-state index contributed by atoms with van der Waals surface area (Å²) in [6.07, 6.45) is 6.82. The lowest BCUT2D eigenvalue weighted by molar-refractivity contribution is 0.507. The number of benzene rings is 1. The molecule has 0 N–H and O–H groups in total. The normalized spacial score (nSPS) is 9.18. The van der Waals surface area contributed by atoms with Crippen molar-refractivity contribution in [3.63, 3.8) is 0 Å². The lowest BCUT2D eigenvalue weighted by Crippen LogP contribution is -1.87. The fourth-order valence-electron chi connectivity index (χ4n) is 0.752. The van der Waals surface area contributed by atoms with E-state index in [1.54, 1.807) is 0 Å². The predicted molar refractivity (Wildman–Crippen MR) is 37.2 cm³/mol. The Bertz CT molecular complexity index is 297. The second kappa shape index (κ2) is 3.16. The van der Waals surface area contributed by atoms with Crippen molar-refractivity contribution < 1.29 is 8.78 Å². The van der Waals surface area contributed by atoms with E-state index in [-0.39, 0.29) is 6.42 Å². The van der Waals surface area contributed by atoms with Crippen LogP contribution in [-0.4, -0.2) is 0 Å². The van der Waals surface area contributed by atoms with Gasteiger partial charge >= 0.3 is 0 Å². The lowest BCUT2D eigenvalue weighted by atomic mass is 10.1. The van der Waals surface area contributed by atoms with E-state index < -0.39 is 11.6 Å². The van der Waals surface area contributed by atoms with Crippen molar-refractivity contribution in [2.24, 2.45) is 0 Å². The van der Waals surface area contributed by atoms with Gasteiger partial charge in [0.1, 0.15) is 0 Å². The molecule has 0 aliphatic rings. The highest BCUT2D eigenvalue weighted by Crippen LogP contribution is 2.08. The Morgan fingerprint density at radius 1 is 1.27 bits per heavy atom. The first kappa shape index (κ1) is 7.74. The van der Waals surface area contributed by atoms with Gasteiger partial charge in [-0.1, -0.05) is 12.0 Å². The SMILES string of the molecule is [C]#CCc1ccc(F)c(F)c1. The third-order valence-electron chi connectivity index (χ3n) is 1.28. The van der Waals surface area contributed by atoms with Crippen LogP contribution in [0.25, 0.3) is 0 Å². The molecule has 0 fully saturated rings. The molecule has 1 aromatic carbocycles. The molecule has 0 saturated carbocycles. The summed E-state index contributed by atoms with van der Waals surface area (Å²) in [4.78, 5) is 0. The molecule has 1 aromatic rings. The maximum atomic E-state index is 12.4. The fourth-order valence-corrected chi connectivity index (χ4v) is 0.752. The van der Waals surface area contributed by atoms with Crippen LogP contribution in [0, 0.1) is 24.0 Å². The van der Waals surface area contributed by atoms with Crippen molar-refractivity contribution in [2.45, 2.75) is 6.42 Å². The van der Waals surface area contributed by atoms with Crippen molar-refractivity contribution in [2.75, 3.05) is 0 Å². The maximum absolute atomic E-state index is 12.4. The molecule has 0 aliphatic heterocycles. The molecule has 0 heterocycles. The summed E-state index contributed by atoms with van der Waals surface area (Å²) in [5.41, 5.74) is 0.555. The molecule has 1 radical (unpaired) electrons. The monoisotopic (exact) mass is 151 g/mol. The Morgan fingerprint density at radius 3 is 2.55 bits per heavy atom. The minimum absolute atomic E-state index is 0.219. The minimum Gasteiger partial charge on any atom is -0.204 e. The molecule has 0 bridgehead atoms. The molecule has 2 heteroatoms. The van der Waals surface area contributed by atoms with Crippen LogP contribution >= 0.6 is 0 Å². The minimum atomic E-state index is -0.877. The zero-order valence-corrected chi connectivity index (χ0v) is 5.70. The Kier molecular flexibility index (Phi) is 2.22. The van der Waals surface area contributed by atoms with Crippen molar-refractivity contribution in [3.8, 4) is 5.92 Å². The molecular formula is C9H5F2. The first-order valence-electron chi connectivity index (χ1n) is 3.07. The van der Waals surface area contributed by atoms with Crippen molar-refractivity contribution in [3.05, 3.63) is 41.8 Å². The van der Waals surface area contributed by atoms with Gasteiger partial charge in [-0.3, -0.25) is 0 Å². The fraction of sp³-hybridized carbons (Fsp3) is 0.111. The van der Waals surface area contributed by atoms with E-state index in [1.165, 1.54) is 6.07 Å². The number of hydrogen-bond acceptors (Lipinski definition) is 0. The molecule has 0 amide bonds. The van der Waals surface area contributed by atoms with Gasteiger partial charge in [-0.25, -0.2) is 8.78 Å². The summed E-state index contributed by atoms with van der Waals surface area (Å²) in [6, 6.07) is 3.54. The molecule has 55 valence electrons. The molecule has 0 spiro atoms. The van der Waals surface area contributed by atoms with Crippen LogP contribution in [0.2, 0.25) is 0 Å². The molecular weight excluding hydrogens is 146 g/mol. The van der Waals surface area contributed by atoms with E-state index >= 15 is 0 Å². The summed E-state index contributed by atoms with van der Waals surface area (Å²) in [7, 11) is 0. The molecule has 0 aliphatic carbocycles. The second-order valence-electron chi connectivity index (χ2n) is 2.10. The van der Waals surface area contributed by atoms with Crippen LogP contribution in [0.5, 0.6) is 0 Å². The van der Waals surface area contributed by atoms with E-state index in [4.69, 9.17) is 6.42 Å². The zero-order chi connectivity index (χ0) is 8.27. The van der Waals surface area contributed by atoms with E-state index in [0.29, 0.717) is 5.56 Å². The largest absolute Gasteiger partial charge is 0.204 e. The topological polar surface area (TPSA) is 0 Å². The van der Waals surface area contributed by atoms with Crippen LogP contribution in [0.3, 0.4) is 0 Å². The van der Waals surface area contributed by atoms with E-state index in [9.17, 15) is 8.78 Å². The second-order valence-corrected chi connectivity index (χ2v) is 2.10. The van der Waals surface area contributed by atoms with Crippen molar-refractivity contribution in [1.29, 1.82) is 0 Å². The highest BCUT2D eigenvalue weighted by molar-refractivity contribution is 5.20. The molecule has 0 atom stereocenters. The molecule has 11 heavy (non-hydrogen) atoms. The summed E-state index contributed by atoms with van der Waals surface area (Å²) in [6.45, 7) is 0. The van der Waals surface area contributed by atoms with Gasteiger partial charge < -0.3 is 0 Å². The first-order chi connectivity index (χ1) is 5.24. The van der Waals surface area contributed by atoms with Gasteiger partial charge in [-0.2, -0.15) is 0 Å². The molecule has 1 rings (SSSR count). The van der Waals surface area contributed by atoms with E-state index in [0.717, 1.165) is 12.1 Å². The van der Waals surface area contributed by atoms with Gasteiger partial charge in [0, 0.05) is 6.42 Å². The summed E-state index contributed by atoms with van der Waals surface area (Å²) >= 11 is 0. The third-order valence-corrected chi connectivity index (χ3v) is 1.28. The van der Waals surface area contributed by atoms with E-state index in [2.05, 4.69) is 5.92 Å². The van der Waals surface area contributed by atoms with Gasteiger partial charge in [0.05, 0.1) is 0 Å². The Balaban J connectivity index is 2.98. The summed E-state index contributed by atoms with van der Waals surface area (Å²) < 4.78 is 24.7. The Morgan fingerprint density at radius 2 is 2.00 bits per heavy atom. The number of rotatable bonds is 1. The molecule has 0 unspecified atom stereocenters. The van der Waals surface area contributed by atoms with Gasteiger partial charge in [0.15, 0.2) is 11.6 Å². The first-order valence-corrected chi connectivity index (χ1v) is 3.07. The van der Waals surface area contributed by atoms with Crippen LogP contribution in [0.1, 0.15) is 5.56 Å². The van der Waals surface area contributed by atoms with Gasteiger partial charge in [-0.15, -0.1) is 0 Å². The quantitative estimate of drug-likeness (QED) is 0.539. The van der Waals surface area contributed by atoms with Gasteiger partial charge in [-0.05, 0) is 24.1 Å². The lowest BCUT2D eigenvalue weighted by Gasteiger charge is -1.95. The standard InChI is InChI=1S/C9H5F2/c1-2-3-7-4-5-8(10)9(11)6-7/h4-6H,3H2. The van der Waals surface area contributed by atoms with Crippen LogP contribution in [0.4, 0.5) is 8.78 Å². The molecule has 0 saturated heterocycles. The van der Waals surface area contributed by atoms with Crippen LogP contribution < -0.4 is 0 Å². The summed E-state index contributed by atoms with van der Waals surface area (Å²) in [5.74, 6) is 0.352. The Hall–Kier alpha value is -1.36. The molecule has 0 aromatic heterocycles. The van der Waals surface area contributed by atoms with Crippen molar-refractivity contribution >= 4 is 0 Å². The predicted octanol–water partition coefficient (Wildman–Crippen LogP) is 2.10.